The number of ether oxygens (including phenoxy) is 1. The number of hydrogen-bond donors (Lipinski definition) is 0. The van der Waals surface area contributed by atoms with E-state index in [2.05, 4.69) is 15.9 Å². The smallest absolute Gasteiger partial charge is 0.160 e. The van der Waals surface area contributed by atoms with Gasteiger partial charge in [0.2, 0.25) is 0 Å². The van der Waals surface area contributed by atoms with Gasteiger partial charge < -0.3 is 4.74 Å². The topological polar surface area (TPSA) is 9.23 Å². The third-order valence-electron chi connectivity index (χ3n) is 2.70. The lowest BCUT2D eigenvalue weighted by Crippen LogP contribution is -1.97. The highest BCUT2D eigenvalue weighted by Gasteiger charge is 2.17. The minimum absolute atomic E-state index is 0.170. The number of alkyl halides is 1. The van der Waals surface area contributed by atoms with Crippen molar-refractivity contribution in [1.82, 2.24) is 0 Å². The van der Waals surface area contributed by atoms with E-state index in [4.69, 9.17) is 16.3 Å². The highest BCUT2D eigenvalue weighted by atomic mass is 79.9. The normalized spacial score (nSPS) is 12.3. The Morgan fingerprint density at radius 1 is 1.16 bits per heavy atom. The van der Waals surface area contributed by atoms with E-state index >= 15 is 0 Å². The van der Waals surface area contributed by atoms with Crippen molar-refractivity contribution in [3.05, 3.63) is 64.2 Å². The summed E-state index contributed by atoms with van der Waals surface area (Å²) < 4.78 is 31.5. The first-order chi connectivity index (χ1) is 9.02. The van der Waals surface area contributed by atoms with Gasteiger partial charge in [-0.05, 0) is 35.4 Å². The molecule has 0 saturated carbocycles. The van der Waals surface area contributed by atoms with Gasteiger partial charge in [-0.25, -0.2) is 8.78 Å². The van der Waals surface area contributed by atoms with Gasteiger partial charge in [0, 0.05) is 5.02 Å². The summed E-state index contributed by atoms with van der Waals surface area (Å²) in [7, 11) is 1.56. The largest absolute Gasteiger partial charge is 0.497 e. The van der Waals surface area contributed by atoms with Crippen LogP contribution in [0.3, 0.4) is 0 Å². The molecule has 100 valence electrons. The number of methoxy groups -OCH3 is 1. The van der Waals surface area contributed by atoms with Crippen LogP contribution in [0.25, 0.3) is 0 Å². The molecule has 2 aromatic carbocycles. The van der Waals surface area contributed by atoms with Crippen LogP contribution in [-0.2, 0) is 0 Å². The molecule has 2 aromatic rings. The maximum Gasteiger partial charge on any atom is 0.160 e. The third-order valence-corrected chi connectivity index (χ3v) is 4.05. The van der Waals surface area contributed by atoms with Crippen molar-refractivity contribution in [1.29, 1.82) is 0 Å². The van der Waals surface area contributed by atoms with Gasteiger partial charge in [0.05, 0.1) is 11.9 Å². The second-order valence-corrected chi connectivity index (χ2v) is 5.25. The fourth-order valence-electron chi connectivity index (χ4n) is 1.71. The molecule has 19 heavy (non-hydrogen) atoms. The van der Waals surface area contributed by atoms with Crippen LogP contribution in [0.1, 0.15) is 16.0 Å². The molecular formula is C14H10BrClF2O. The summed E-state index contributed by atoms with van der Waals surface area (Å²) in [5.41, 5.74) is 1.31. The van der Waals surface area contributed by atoms with Crippen LogP contribution in [0.2, 0.25) is 5.02 Å². The molecule has 2 rings (SSSR count). The van der Waals surface area contributed by atoms with E-state index in [0.29, 0.717) is 11.3 Å². The SMILES string of the molecule is COc1cccc(C(Br)c2cc(F)c(F)cc2Cl)c1. The van der Waals surface area contributed by atoms with E-state index in [9.17, 15) is 8.78 Å². The van der Waals surface area contributed by atoms with Gasteiger partial charge in [-0.2, -0.15) is 0 Å². The first kappa shape index (κ1) is 14.3. The van der Waals surface area contributed by atoms with Crippen molar-refractivity contribution in [2.75, 3.05) is 7.11 Å². The average Bonchev–Trinajstić information content (AvgIpc) is 2.42. The summed E-state index contributed by atoms with van der Waals surface area (Å²) in [6.45, 7) is 0. The summed E-state index contributed by atoms with van der Waals surface area (Å²) in [6, 6.07) is 9.33. The molecule has 0 N–H and O–H groups in total. The molecule has 0 fully saturated rings. The van der Waals surface area contributed by atoms with Crippen LogP contribution in [0.5, 0.6) is 5.75 Å². The van der Waals surface area contributed by atoms with Crippen molar-refractivity contribution in [2.24, 2.45) is 0 Å². The van der Waals surface area contributed by atoms with Crippen molar-refractivity contribution in [2.45, 2.75) is 4.83 Å². The lowest BCUT2D eigenvalue weighted by Gasteiger charge is -2.14. The Bertz CT molecular complexity index is 604. The van der Waals surface area contributed by atoms with Crippen LogP contribution in [0.4, 0.5) is 8.78 Å². The number of rotatable bonds is 3. The van der Waals surface area contributed by atoms with Crippen LogP contribution in [0.15, 0.2) is 36.4 Å². The van der Waals surface area contributed by atoms with Crippen LogP contribution in [0, 0.1) is 11.6 Å². The van der Waals surface area contributed by atoms with Gasteiger partial charge >= 0.3 is 0 Å². The minimum atomic E-state index is -0.959. The molecule has 0 aromatic heterocycles. The second-order valence-electron chi connectivity index (χ2n) is 3.93. The van der Waals surface area contributed by atoms with Gasteiger partial charge in [-0.15, -0.1) is 0 Å². The summed E-state index contributed by atoms with van der Waals surface area (Å²) in [5, 5.41) is 0.170. The van der Waals surface area contributed by atoms with E-state index in [1.54, 1.807) is 19.2 Å². The quantitative estimate of drug-likeness (QED) is 0.554. The highest BCUT2D eigenvalue weighted by molar-refractivity contribution is 9.09. The molecule has 1 nitrogen and oxygen atoms in total. The van der Waals surface area contributed by atoms with Gasteiger partial charge in [0.15, 0.2) is 11.6 Å². The number of benzene rings is 2. The maximum atomic E-state index is 13.3. The Morgan fingerprint density at radius 2 is 1.84 bits per heavy atom. The Morgan fingerprint density at radius 3 is 2.53 bits per heavy atom. The average molecular weight is 348 g/mol. The standard InChI is InChI=1S/C14H10BrClF2O/c1-19-9-4-2-3-8(5-9)14(15)10-6-12(17)13(18)7-11(10)16/h2-7,14H,1H3. The summed E-state index contributed by atoms with van der Waals surface area (Å²) >= 11 is 9.39. The Hall–Kier alpha value is -1.13. The molecule has 0 bridgehead atoms. The predicted molar refractivity (Wildman–Crippen MR) is 75.1 cm³/mol. The lowest BCUT2D eigenvalue weighted by molar-refractivity contribution is 0.414. The van der Waals surface area contributed by atoms with Crippen molar-refractivity contribution < 1.29 is 13.5 Å². The van der Waals surface area contributed by atoms with E-state index in [1.807, 2.05) is 12.1 Å². The molecule has 1 atom stereocenters. The lowest BCUT2D eigenvalue weighted by atomic mass is 10.0. The van der Waals surface area contributed by atoms with E-state index in [1.165, 1.54) is 0 Å². The molecule has 0 aliphatic carbocycles. The highest BCUT2D eigenvalue weighted by Crippen LogP contribution is 2.37. The molecule has 0 saturated heterocycles. The van der Waals surface area contributed by atoms with Crippen LogP contribution < -0.4 is 4.74 Å². The first-order valence-corrected chi connectivity index (χ1v) is 6.74. The number of halogens is 4. The van der Waals surface area contributed by atoms with E-state index in [-0.39, 0.29) is 9.85 Å². The van der Waals surface area contributed by atoms with E-state index in [0.717, 1.165) is 17.7 Å². The zero-order valence-electron chi connectivity index (χ0n) is 9.96. The molecule has 0 radical (unpaired) electrons. The molecule has 0 spiro atoms. The molecule has 5 heteroatoms. The molecule has 0 aliphatic heterocycles. The predicted octanol–water partition coefficient (Wildman–Crippen LogP) is 5.11. The van der Waals surface area contributed by atoms with Crippen molar-refractivity contribution in [3.8, 4) is 5.75 Å². The van der Waals surface area contributed by atoms with Crippen molar-refractivity contribution in [3.63, 3.8) is 0 Å². The van der Waals surface area contributed by atoms with E-state index < -0.39 is 11.6 Å². The molecule has 0 heterocycles. The summed E-state index contributed by atoms with van der Waals surface area (Å²) in [4.78, 5) is -0.342. The van der Waals surface area contributed by atoms with Crippen LogP contribution in [-0.4, -0.2) is 7.11 Å². The zero-order valence-corrected chi connectivity index (χ0v) is 12.3. The Kier molecular flexibility index (Phi) is 4.42. The molecule has 0 amide bonds. The minimum Gasteiger partial charge on any atom is -0.497 e. The molecule has 1 unspecified atom stereocenters. The Balaban J connectivity index is 2.43. The molecular weight excluding hydrogens is 338 g/mol. The van der Waals surface area contributed by atoms with Crippen molar-refractivity contribution >= 4 is 27.5 Å². The monoisotopic (exact) mass is 346 g/mol. The summed E-state index contributed by atoms with van der Waals surface area (Å²) in [5.74, 6) is -1.20. The fraction of sp³-hybridized carbons (Fsp3) is 0.143. The van der Waals surface area contributed by atoms with Crippen LogP contribution >= 0.6 is 27.5 Å². The third kappa shape index (κ3) is 3.07. The van der Waals surface area contributed by atoms with Gasteiger partial charge in [-0.3, -0.25) is 0 Å². The van der Waals surface area contributed by atoms with Gasteiger partial charge in [0.1, 0.15) is 5.75 Å². The first-order valence-electron chi connectivity index (χ1n) is 5.45. The zero-order chi connectivity index (χ0) is 14.0. The fourth-order valence-corrected chi connectivity index (χ4v) is 2.77. The van der Waals surface area contributed by atoms with Gasteiger partial charge in [0.25, 0.3) is 0 Å². The Labute approximate surface area is 123 Å². The maximum absolute atomic E-state index is 13.3. The second kappa shape index (κ2) is 5.88. The van der Waals surface area contributed by atoms with Gasteiger partial charge in [-0.1, -0.05) is 39.7 Å². The molecule has 0 aliphatic rings. The number of hydrogen-bond acceptors (Lipinski definition) is 1. The summed E-state index contributed by atoms with van der Waals surface area (Å²) in [6.07, 6.45) is 0.